The molecule has 0 saturated heterocycles. The molecule has 33 heavy (non-hydrogen) atoms. The highest BCUT2D eigenvalue weighted by Crippen LogP contribution is 2.31. The molecule has 0 aliphatic rings. The summed E-state index contributed by atoms with van der Waals surface area (Å²) in [6.45, 7) is 9.12. The lowest BCUT2D eigenvalue weighted by molar-refractivity contribution is -0.384. The van der Waals surface area contributed by atoms with Crippen LogP contribution in [0.4, 0.5) is 5.69 Å². The Morgan fingerprint density at radius 2 is 2.09 bits per heavy atom. The molecule has 0 bridgehead atoms. The number of hydrogen-bond donors (Lipinski definition) is 1. The van der Waals surface area contributed by atoms with Gasteiger partial charge >= 0.3 is 0 Å². The minimum atomic E-state index is -1.26. The molecule has 174 valence electrons. The van der Waals surface area contributed by atoms with Crippen LogP contribution in [0.25, 0.3) is 22.3 Å². The van der Waals surface area contributed by atoms with Crippen molar-refractivity contribution in [1.82, 2.24) is 19.9 Å². The molecule has 11 heteroatoms. The molecule has 0 saturated carbocycles. The molecule has 0 fully saturated rings. The first-order valence-corrected chi connectivity index (χ1v) is 14.2. The second-order valence-corrected chi connectivity index (χ2v) is 14.6. The zero-order valence-electron chi connectivity index (χ0n) is 19.1. The van der Waals surface area contributed by atoms with Crippen molar-refractivity contribution in [2.75, 3.05) is 6.61 Å². The quantitative estimate of drug-likeness (QED) is 0.158. The van der Waals surface area contributed by atoms with Crippen molar-refractivity contribution < 1.29 is 19.2 Å². The predicted octanol–water partition coefficient (Wildman–Crippen LogP) is 3.64. The maximum Gasteiger partial charge on any atom is 0.270 e. The van der Waals surface area contributed by atoms with Crippen molar-refractivity contribution in [3.8, 4) is 11.3 Å². The second-order valence-electron chi connectivity index (χ2n) is 8.99. The van der Waals surface area contributed by atoms with Crippen molar-refractivity contribution in [3.05, 3.63) is 52.5 Å². The van der Waals surface area contributed by atoms with E-state index < -0.39 is 24.9 Å². The van der Waals surface area contributed by atoms with E-state index in [1.54, 1.807) is 29.8 Å². The first-order chi connectivity index (χ1) is 15.6. The lowest BCUT2D eigenvalue weighted by atomic mass is 10.1. The van der Waals surface area contributed by atoms with E-state index in [-0.39, 0.29) is 18.0 Å². The highest BCUT2D eigenvalue weighted by atomic mass is 28.3. The largest absolute Gasteiger partial charge is 0.361 e. The van der Waals surface area contributed by atoms with Crippen LogP contribution in [0.5, 0.6) is 0 Å². The number of aromatic nitrogens is 3. The number of ether oxygens (including phenoxy) is 1. The third-order valence-corrected chi connectivity index (χ3v) is 6.72. The average Bonchev–Trinajstić information content (AvgIpc) is 3.15. The van der Waals surface area contributed by atoms with Gasteiger partial charge in [0.15, 0.2) is 0 Å². The van der Waals surface area contributed by atoms with Gasteiger partial charge in [-0.2, -0.15) is 0 Å². The average molecular weight is 470 g/mol. The molecule has 1 N–H and O–H groups in total. The molecule has 0 aliphatic carbocycles. The summed E-state index contributed by atoms with van der Waals surface area (Å²) in [7, 11) is -1.26. The van der Waals surface area contributed by atoms with Gasteiger partial charge in [-0.15, -0.1) is 0 Å². The number of carbonyl (C=O) groups is 2. The van der Waals surface area contributed by atoms with E-state index in [1.165, 1.54) is 18.5 Å². The Balaban J connectivity index is 2.08. The van der Waals surface area contributed by atoms with E-state index in [0.29, 0.717) is 35.2 Å². The number of nitrogens with zero attached hydrogens (tertiary/aromatic N) is 4. The number of hydrogen-bond acceptors (Lipinski definition) is 7. The third kappa shape index (κ3) is 5.87. The fourth-order valence-corrected chi connectivity index (χ4v) is 4.00. The maximum absolute atomic E-state index is 13.0. The minimum Gasteiger partial charge on any atom is -0.361 e. The summed E-state index contributed by atoms with van der Waals surface area (Å²) < 4.78 is 7.57. The molecule has 1 amide bonds. The van der Waals surface area contributed by atoms with Crippen LogP contribution >= 0.6 is 0 Å². The topological polar surface area (TPSA) is 129 Å². The Hall–Kier alpha value is -3.44. The lowest BCUT2D eigenvalue weighted by Crippen LogP contribution is -2.33. The number of fused-ring (bicyclic) bond motifs is 1. The Morgan fingerprint density at radius 3 is 2.76 bits per heavy atom. The fraction of sp³-hybridized carbons (Fsp3) is 0.364. The van der Waals surface area contributed by atoms with Gasteiger partial charge in [-0.1, -0.05) is 31.8 Å². The Morgan fingerprint density at radius 1 is 1.33 bits per heavy atom. The number of amides is 1. The van der Waals surface area contributed by atoms with Gasteiger partial charge in [-0.05, 0) is 13.0 Å². The van der Waals surface area contributed by atoms with E-state index in [2.05, 4.69) is 34.9 Å². The summed E-state index contributed by atoms with van der Waals surface area (Å²) in [6, 6.07) is 6.34. The Kier molecular flexibility index (Phi) is 7.34. The smallest absolute Gasteiger partial charge is 0.270 e. The van der Waals surface area contributed by atoms with E-state index >= 15 is 0 Å². The van der Waals surface area contributed by atoms with Crippen molar-refractivity contribution in [2.45, 2.75) is 45.4 Å². The highest BCUT2D eigenvalue weighted by Gasteiger charge is 2.23. The number of benzene rings is 1. The van der Waals surface area contributed by atoms with Crippen LogP contribution in [0.2, 0.25) is 25.7 Å². The molecular formula is C22H27N5O5Si. The summed E-state index contributed by atoms with van der Waals surface area (Å²) in [5.41, 5.74) is 1.49. The van der Waals surface area contributed by atoms with Gasteiger partial charge < -0.3 is 19.4 Å². The predicted molar refractivity (Wildman–Crippen MR) is 127 cm³/mol. The van der Waals surface area contributed by atoms with Crippen LogP contribution < -0.4 is 5.32 Å². The monoisotopic (exact) mass is 469 g/mol. The van der Waals surface area contributed by atoms with Crippen molar-refractivity contribution in [1.29, 1.82) is 0 Å². The van der Waals surface area contributed by atoms with Gasteiger partial charge in [0.25, 0.3) is 11.6 Å². The van der Waals surface area contributed by atoms with Gasteiger partial charge in [0, 0.05) is 38.6 Å². The second kappa shape index (κ2) is 10.0. The zero-order valence-corrected chi connectivity index (χ0v) is 20.1. The zero-order chi connectivity index (χ0) is 24.2. The van der Waals surface area contributed by atoms with Crippen LogP contribution in [0.15, 0.2) is 36.8 Å². The van der Waals surface area contributed by atoms with Crippen LogP contribution in [-0.2, 0) is 16.3 Å². The summed E-state index contributed by atoms with van der Waals surface area (Å²) in [4.78, 5) is 43.5. The van der Waals surface area contributed by atoms with Crippen LogP contribution in [0.1, 0.15) is 17.3 Å². The normalized spacial score (nSPS) is 12.5. The molecule has 3 rings (SSSR count). The fourth-order valence-electron chi connectivity index (χ4n) is 3.24. The molecular weight excluding hydrogens is 442 g/mol. The molecule has 0 spiro atoms. The molecule has 1 aromatic carbocycles. The maximum atomic E-state index is 13.0. The summed E-state index contributed by atoms with van der Waals surface area (Å²) >= 11 is 0. The lowest BCUT2D eigenvalue weighted by Gasteiger charge is -2.15. The van der Waals surface area contributed by atoms with E-state index in [0.717, 1.165) is 6.04 Å². The summed E-state index contributed by atoms with van der Waals surface area (Å²) in [6.07, 6.45) is 3.60. The molecule has 1 unspecified atom stereocenters. The van der Waals surface area contributed by atoms with Crippen molar-refractivity contribution in [2.24, 2.45) is 0 Å². The van der Waals surface area contributed by atoms with Crippen molar-refractivity contribution >= 4 is 37.0 Å². The summed E-state index contributed by atoms with van der Waals surface area (Å²) in [5.74, 6) is -0.470. The number of non-ortho nitro benzene ring substituents is 1. The van der Waals surface area contributed by atoms with Crippen LogP contribution in [-0.4, -0.2) is 52.4 Å². The number of nitrogens with one attached hydrogen (secondary N) is 1. The molecule has 2 aromatic heterocycles. The van der Waals surface area contributed by atoms with Gasteiger partial charge in [0.05, 0.1) is 27.6 Å². The van der Waals surface area contributed by atoms with Gasteiger partial charge in [0.1, 0.15) is 25.0 Å². The highest BCUT2D eigenvalue weighted by molar-refractivity contribution is 6.76. The summed E-state index contributed by atoms with van der Waals surface area (Å²) in [5, 5.41) is 14.3. The standard InChI is InChI=1S/C22H27N5O5Si/c1-15(12-28)25-22(29)18-11-26(14-32-8-9-33(2,3)4)21-19(18)20(23-13-24-21)16-6-5-7-17(10-16)27(30)31/h5-7,10-13,15H,8-9,14H2,1-4H3,(H,25,29). The van der Waals surface area contributed by atoms with E-state index in [9.17, 15) is 19.7 Å². The van der Waals surface area contributed by atoms with E-state index in [4.69, 9.17) is 4.74 Å². The SMILES string of the molecule is CC(C=O)NC(=O)c1cn(COCC[Si](C)(C)C)c2ncnc(-c3cccc([N+](=O)[O-])c3)c12. The molecule has 0 radical (unpaired) electrons. The Labute approximate surface area is 192 Å². The molecule has 2 heterocycles. The van der Waals surface area contributed by atoms with Crippen LogP contribution in [0.3, 0.4) is 0 Å². The number of aldehydes is 1. The number of nitro benzene ring substituents is 1. The molecule has 1 atom stereocenters. The van der Waals surface area contributed by atoms with Gasteiger partial charge in [-0.25, -0.2) is 9.97 Å². The molecule has 0 aliphatic heterocycles. The van der Waals surface area contributed by atoms with E-state index in [1.807, 2.05) is 0 Å². The van der Waals surface area contributed by atoms with Crippen molar-refractivity contribution in [3.63, 3.8) is 0 Å². The minimum absolute atomic E-state index is 0.0889. The number of nitro groups is 1. The van der Waals surface area contributed by atoms with Crippen LogP contribution in [0, 0.1) is 10.1 Å². The molecule has 3 aromatic rings. The van der Waals surface area contributed by atoms with Gasteiger partial charge in [-0.3, -0.25) is 14.9 Å². The van der Waals surface area contributed by atoms with Gasteiger partial charge in [0.2, 0.25) is 0 Å². The molecule has 10 nitrogen and oxygen atoms in total. The number of carbonyl (C=O) groups excluding carboxylic acids is 2. The number of rotatable bonds is 10. The third-order valence-electron chi connectivity index (χ3n) is 5.02. The first kappa shape index (κ1) is 24.2. The Bertz CT molecular complexity index is 1190. The first-order valence-electron chi connectivity index (χ1n) is 10.5.